The summed E-state index contributed by atoms with van der Waals surface area (Å²) in [7, 11) is 0. The first-order valence-corrected chi connectivity index (χ1v) is 5.95. The first-order valence-electron chi connectivity index (χ1n) is 5.95. The number of halogens is 2. The van der Waals surface area contributed by atoms with Gasteiger partial charge >= 0.3 is 0 Å². The van der Waals surface area contributed by atoms with Crippen LogP contribution in [0, 0.1) is 6.92 Å². The lowest BCUT2D eigenvalue weighted by Crippen LogP contribution is -2.44. The standard InChI is InChI=1S/C14H20N2.2ClH/c1-3-14(16-10-8-15-9-11-16)13-6-4-12(2)5-7-13;;/h3-7,14-15H,1,8-11H2,2H3;2*1H/t14-;;/m1../s1. The van der Waals surface area contributed by atoms with Crippen molar-refractivity contribution >= 4 is 24.8 Å². The highest BCUT2D eigenvalue weighted by Crippen LogP contribution is 2.22. The largest absolute Gasteiger partial charge is 0.314 e. The van der Waals surface area contributed by atoms with Crippen LogP contribution < -0.4 is 5.32 Å². The van der Waals surface area contributed by atoms with E-state index < -0.39 is 0 Å². The Labute approximate surface area is 122 Å². The van der Waals surface area contributed by atoms with Crippen LogP contribution >= 0.6 is 24.8 Å². The molecule has 1 aromatic rings. The van der Waals surface area contributed by atoms with Gasteiger partial charge in [0.15, 0.2) is 0 Å². The van der Waals surface area contributed by atoms with Gasteiger partial charge in [-0.1, -0.05) is 35.9 Å². The second-order valence-corrected chi connectivity index (χ2v) is 4.38. The number of benzene rings is 1. The Morgan fingerprint density at radius 3 is 2.22 bits per heavy atom. The molecule has 4 heteroatoms. The average Bonchev–Trinajstić information content (AvgIpc) is 2.34. The Kier molecular flexibility index (Phi) is 8.29. The zero-order valence-electron chi connectivity index (χ0n) is 10.8. The maximum Gasteiger partial charge on any atom is 0.0529 e. The van der Waals surface area contributed by atoms with Crippen LogP contribution in [0.5, 0.6) is 0 Å². The molecule has 0 unspecified atom stereocenters. The van der Waals surface area contributed by atoms with Crippen molar-refractivity contribution in [2.45, 2.75) is 13.0 Å². The minimum Gasteiger partial charge on any atom is -0.314 e. The molecule has 1 saturated heterocycles. The van der Waals surface area contributed by atoms with Crippen molar-refractivity contribution in [1.82, 2.24) is 10.2 Å². The highest BCUT2D eigenvalue weighted by Gasteiger charge is 2.18. The molecule has 102 valence electrons. The fraction of sp³-hybridized carbons (Fsp3) is 0.429. The molecule has 0 radical (unpaired) electrons. The second kappa shape index (κ2) is 8.54. The highest BCUT2D eigenvalue weighted by molar-refractivity contribution is 5.85. The van der Waals surface area contributed by atoms with Crippen LogP contribution in [0.25, 0.3) is 0 Å². The van der Waals surface area contributed by atoms with Crippen LogP contribution in [-0.2, 0) is 0 Å². The van der Waals surface area contributed by atoms with Crippen LogP contribution in [0.15, 0.2) is 36.9 Å². The van der Waals surface area contributed by atoms with Gasteiger partial charge in [-0.05, 0) is 12.5 Å². The molecule has 1 heterocycles. The number of rotatable bonds is 3. The van der Waals surface area contributed by atoms with Gasteiger partial charge in [0.2, 0.25) is 0 Å². The number of nitrogens with zero attached hydrogens (tertiary/aromatic N) is 1. The van der Waals surface area contributed by atoms with E-state index in [0.29, 0.717) is 6.04 Å². The number of piperazine rings is 1. The van der Waals surface area contributed by atoms with Crippen LogP contribution in [-0.4, -0.2) is 31.1 Å². The Morgan fingerprint density at radius 2 is 1.72 bits per heavy atom. The third-order valence-corrected chi connectivity index (χ3v) is 3.19. The maximum absolute atomic E-state index is 3.97. The summed E-state index contributed by atoms with van der Waals surface area (Å²) in [4.78, 5) is 2.48. The molecule has 0 spiro atoms. The molecule has 0 aliphatic carbocycles. The van der Waals surface area contributed by atoms with Crippen LogP contribution in [0.4, 0.5) is 0 Å². The van der Waals surface area contributed by atoms with Gasteiger partial charge in [-0.15, -0.1) is 31.4 Å². The quantitative estimate of drug-likeness (QED) is 0.861. The van der Waals surface area contributed by atoms with Gasteiger partial charge in [-0.3, -0.25) is 4.90 Å². The zero-order valence-corrected chi connectivity index (χ0v) is 12.4. The van der Waals surface area contributed by atoms with E-state index in [0.717, 1.165) is 26.2 Å². The molecule has 1 atom stereocenters. The Morgan fingerprint density at radius 1 is 1.17 bits per heavy atom. The molecule has 1 N–H and O–H groups in total. The van der Waals surface area contributed by atoms with Crippen molar-refractivity contribution in [2.24, 2.45) is 0 Å². The molecular formula is C14H22Cl2N2. The summed E-state index contributed by atoms with van der Waals surface area (Å²) in [5.74, 6) is 0. The van der Waals surface area contributed by atoms with Crippen LogP contribution in [0.2, 0.25) is 0 Å². The topological polar surface area (TPSA) is 15.3 Å². The smallest absolute Gasteiger partial charge is 0.0529 e. The lowest BCUT2D eigenvalue weighted by molar-refractivity contribution is 0.203. The van der Waals surface area contributed by atoms with E-state index in [1.165, 1.54) is 11.1 Å². The first kappa shape index (κ1) is 17.5. The van der Waals surface area contributed by atoms with Gasteiger partial charge in [-0.2, -0.15) is 0 Å². The Bertz CT molecular complexity index is 345. The molecule has 1 aliphatic heterocycles. The molecule has 2 rings (SSSR count). The fourth-order valence-corrected chi connectivity index (χ4v) is 2.22. The summed E-state index contributed by atoms with van der Waals surface area (Å²) >= 11 is 0. The third kappa shape index (κ3) is 4.29. The Hall–Kier alpha value is -0.540. The van der Waals surface area contributed by atoms with Crippen molar-refractivity contribution in [1.29, 1.82) is 0 Å². The van der Waals surface area contributed by atoms with Gasteiger partial charge < -0.3 is 5.32 Å². The fourth-order valence-electron chi connectivity index (χ4n) is 2.22. The number of hydrogen-bond acceptors (Lipinski definition) is 2. The number of hydrogen-bond donors (Lipinski definition) is 1. The molecule has 18 heavy (non-hydrogen) atoms. The molecule has 0 amide bonds. The minimum absolute atomic E-state index is 0. The maximum atomic E-state index is 3.97. The van der Waals surface area contributed by atoms with Crippen LogP contribution in [0.1, 0.15) is 17.2 Å². The minimum atomic E-state index is 0. The van der Waals surface area contributed by atoms with E-state index in [4.69, 9.17) is 0 Å². The van der Waals surface area contributed by atoms with Crippen molar-refractivity contribution in [3.8, 4) is 0 Å². The highest BCUT2D eigenvalue weighted by atomic mass is 35.5. The number of nitrogens with one attached hydrogen (secondary N) is 1. The molecule has 0 bridgehead atoms. The molecule has 1 aromatic carbocycles. The summed E-state index contributed by atoms with van der Waals surface area (Å²) in [6, 6.07) is 9.14. The van der Waals surface area contributed by atoms with E-state index >= 15 is 0 Å². The monoisotopic (exact) mass is 288 g/mol. The van der Waals surface area contributed by atoms with E-state index in [1.807, 2.05) is 0 Å². The number of aryl methyl sites for hydroxylation is 1. The zero-order chi connectivity index (χ0) is 11.4. The normalized spacial score (nSPS) is 17.2. The van der Waals surface area contributed by atoms with Crippen LogP contribution in [0.3, 0.4) is 0 Å². The summed E-state index contributed by atoms with van der Waals surface area (Å²) in [5.41, 5.74) is 2.66. The summed E-state index contributed by atoms with van der Waals surface area (Å²) < 4.78 is 0. The van der Waals surface area contributed by atoms with E-state index in [2.05, 4.69) is 54.1 Å². The van der Waals surface area contributed by atoms with Gasteiger partial charge in [0.25, 0.3) is 0 Å². The second-order valence-electron chi connectivity index (χ2n) is 4.38. The van der Waals surface area contributed by atoms with E-state index in [1.54, 1.807) is 0 Å². The summed E-state index contributed by atoms with van der Waals surface area (Å²) in [6.07, 6.45) is 2.05. The third-order valence-electron chi connectivity index (χ3n) is 3.19. The van der Waals surface area contributed by atoms with Crippen molar-refractivity contribution in [2.75, 3.05) is 26.2 Å². The van der Waals surface area contributed by atoms with E-state index in [-0.39, 0.29) is 24.8 Å². The van der Waals surface area contributed by atoms with Gasteiger partial charge in [0, 0.05) is 26.2 Å². The molecule has 1 aliphatic rings. The predicted octanol–water partition coefficient (Wildman–Crippen LogP) is 2.97. The summed E-state index contributed by atoms with van der Waals surface area (Å²) in [5, 5.41) is 3.38. The van der Waals surface area contributed by atoms with E-state index in [9.17, 15) is 0 Å². The summed E-state index contributed by atoms with van der Waals surface area (Å²) in [6.45, 7) is 10.5. The average molecular weight is 289 g/mol. The van der Waals surface area contributed by atoms with Gasteiger partial charge in [-0.25, -0.2) is 0 Å². The SMILES string of the molecule is C=C[C@H](c1ccc(C)cc1)N1CCNCC1.Cl.Cl. The molecular weight excluding hydrogens is 267 g/mol. The molecule has 0 aromatic heterocycles. The van der Waals surface area contributed by atoms with Crippen molar-refractivity contribution in [3.63, 3.8) is 0 Å². The predicted molar refractivity (Wildman–Crippen MR) is 83.1 cm³/mol. The van der Waals surface area contributed by atoms with Gasteiger partial charge in [0.1, 0.15) is 0 Å². The van der Waals surface area contributed by atoms with Gasteiger partial charge in [0.05, 0.1) is 6.04 Å². The lowest BCUT2D eigenvalue weighted by Gasteiger charge is -2.33. The molecule has 0 saturated carbocycles. The van der Waals surface area contributed by atoms with Crippen molar-refractivity contribution in [3.05, 3.63) is 48.0 Å². The first-order chi connectivity index (χ1) is 7.81. The molecule has 2 nitrogen and oxygen atoms in total. The lowest BCUT2D eigenvalue weighted by atomic mass is 10.0. The Balaban J connectivity index is 0.00000144. The molecule has 1 fully saturated rings. The van der Waals surface area contributed by atoms with Crippen molar-refractivity contribution < 1.29 is 0 Å².